The van der Waals surface area contributed by atoms with E-state index in [1.165, 1.54) is 11.8 Å². The minimum Gasteiger partial charge on any atom is -0.464 e. The number of anilines is 1. The van der Waals surface area contributed by atoms with Crippen LogP contribution >= 0.6 is 11.6 Å². The van der Waals surface area contributed by atoms with Crippen LogP contribution in [-0.2, 0) is 11.8 Å². The molecule has 1 aromatic carbocycles. The summed E-state index contributed by atoms with van der Waals surface area (Å²) in [5.74, 6) is -0.180. The zero-order chi connectivity index (χ0) is 13.3. The molecule has 0 aliphatic rings. The van der Waals surface area contributed by atoms with Crippen molar-refractivity contribution < 1.29 is 9.53 Å². The molecule has 0 spiro atoms. The topological polar surface area (TPSA) is 70.1 Å². The van der Waals surface area contributed by atoms with Gasteiger partial charge in [0.25, 0.3) is 0 Å². The summed E-state index contributed by atoms with van der Waals surface area (Å²) in [7, 11) is 2.95. The van der Waals surface area contributed by atoms with Crippen LogP contribution in [0.5, 0.6) is 0 Å². The summed E-state index contributed by atoms with van der Waals surface area (Å²) in [4.78, 5) is 11.7. The highest BCUT2D eigenvalue weighted by molar-refractivity contribution is 6.33. The van der Waals surface area contributed by atoms with Gasteiger partial charge in [-0.1, -0.05) is 29.8 Å². The second-order valence-electron chi connectivity index (χ2n) is 3.70. The maximum absolute atomic E-state index is 11.7. The van der Waals surface area contributed by atoms with E-state index in [4.69, 9.17) is 22.1 Å². The number of methoxy groups -OCH3 is 1. The Balaban J connectivity index is 2.70. The number of hydrogen-bond donors (Lipinski definition) is 1. The number of benzene rings is 1. The first-order valence-corrected chi connectivity index (χ1v) is 5.59. The fraction of sp³-hybridized carbons (Fsp3) is 0.167. The fourth-order valence-corrected chi connectivity index (χ4v) is 1.94. The van der Waals surface area contributed by atoms with Gasteiger partial charge < -0.3 is 10.5 Å². The molecule has 0 atom stereocenters. The molecule has 0 radical (unpaired) electrons. The highest BCUT2D eigenvalue weighted by Crippen LogP contribution is 2.34. The third-order valence-corrected chi connectivity index (χ3v) is 2.94. The first-order valence-electron chi connectivity index (χ1n) is 5.22. The summed E-state index contributed by atoms with van der Waals surface area (Å²) in [6.07, 6.45) is 0. The lowest BCUT2D eigenvalue weighted by Gasteiger charge is -2.05. The van der Waals surface area contributed by atoms with Crippen molar-refractivity contribution in [3.63, 3.8) is 0 Å². The van der Waals surface area contributed by atoms with Gasteiger partial charge in [-0.15, -0.1) is 0 Å². The van der Waals surface area contributed by atoms with Crippen LogP contribution < -0.4 is 5.73 Å². The predicted molar refractivity (Wildman–Crippen MR) is 69.4 cm³/mol. The van der Waals surface area contributed by atoms with E-state index in [2.05, 4.69) is 5.10 Å². The lowest BCUT2D eigenvalue weighted by atomic mass is 10.1. The molecule has 2 rings (SSSR count). The van der Waals surface area contributed by atoms with Gasteiger partial charge in [-0.25, -0.2) is 4.79 Å². The molecule has 0 fully saturated rings. The summed E-state index contributed by atoms with van der Waals surface area (Å²) < 4.78 is 6.11. The Labute approximate surface area is 109 Å². The van der Waals surface area contributed by atoms with Crippen LogP contribution in [0.4, 0.5) is 5.82 Å². The van der Waals surface area contributed by atoms with Gasteiger partial charge in [-0.3, -0.25) is 4.68 Å². The molecule has 1 heterocycles. The third kappa shape index (κ3) is 1.93. The van der Waals surface area contributed by atoms with E-state index in [0.717, 1.165) is 0 Å². The van der Waals surface area contributed by atoms with E-state index in [1.54, 1.807) is 25.2 Å². The van der Waals surface area contributed by atoms with Gasteiger partial charge in [-0.05, 0) is 6.07 Å². The van der Waals surface area contributed by atoms with E-state index >= 15 is 0 Å². The van der Waals surface area contributed by atoms with Gasteiger partial charge in [0.15, 0.2) is 5.69 Å². The van der Waals surface area contributed by atoms with Crippen LogP contribution in [0.15, 0.2) is 24.3 Å². The molecule has 18 heavy (non-hydrogen) atoms. The monoisotopic (exact) mass is 265 g/mol. The number of aryl methyl sites for hydroxylation is 1. The minimum atomic E-state index is -0.544. The lowest BCUT2D eigenvalue weighted by Crippen LogP contribution is -2.04. The second-order valence-corrected chi connectivity index (χ2v) is 4.11. The van der Waals surface area contributed by atoms with E-state index < -0.39 is 5.97 Å². The lowest BCUT2D eigenvalue weighted by molar-refractivity contribution is 0.0594. The Morgan fingerprint density at radius 3 is 2.72 bits per heavy atom. The van der Waals surface area contributed by atoms with Crippen LogP contribution in [0.2, 0.25) is 5.02 Å². The van der Waals surface area contributed by atoms with Crippen molar-refractivity contribution in [2.24, 2.45) is 7.05 Å². The van der Waals surface area contributed by atoms with Crippen molar-refractivity contribution in [1.82, 2.24) is 9.78 Å². The number of rotatable bonds is 2. The van der Waals surface area contributed by atoms with Gasteiger partial charge >= 0.3 is 5.97 Å². The molecule has 2 N–H and O–H groups in total. The number of halogens is 1. The second kappa shape index (κ2) is 4.70. The molecule has 0 aliphatic carbocycles. The highest BCUT2D eigenvalue weighted by atomic mass is 35.5. The smallest absolute Gasteiger partial charge is 0.359 e. The Kier molecular flexibility index (Phi) is 3.25. The summed E-state index contributed by atoms with van der Waals surface area (Å²) in [5, 5.41) is 4.56. The van der Waals surface area contributed by atoms with Crippen molar-refractivity contribution >= 4 is 23.4 Å². The highest BCUT2D eigenvalue weighted by Gasteiger charge is 2.23. The summed E-state index contributed by atoms with van der Waals surface area (Å²) in [5.41, 5.74) is 7.24. The Bertz CT molecular complexity index is 607. The maximum Gasteiger partial charge on any atom is 0.359 e. The molecule has 0 aliphatic heterocycles. The van der Waals surface area contributed by atoms with Crippen LogP contribution in [0.1, 0.15) is 10.5 Å². The average Bonchev–Trinajstić information content (AvgIpc) is 2.66. The van der Waals surface area contributed by atoms with E-state index in [-0.39, 0.29) is 5.69 Å². The van der Waals surface area contributed by atoms with E-state index in [9.17, 15) is 4.79 Å². The van der Waals surface area contributed by atoms with Crippen LogP contribution in [0, 0.1) is 0 Å². The molecule has 5 nitrogen and oxygen atoms in total. The molecule has 0 unspecified atom stereocenters. The molecule has 6 heteroatoms. The quantitative estimate of drug-likeness (QED) is 0.845. The SMILES string of the molecule is COC(=O)c1nn(C)c(N)c1-c1ccccc1Cl. The van der Waals surface area contributed by atoms with Crippen LogP contribution in [0.25, 0.3) is 11.1 Å². The number of carbonyl (C=O) groups excluding carboxylic acids is 1. The minimum absolute atomic E-state index is 0.158. The van der Waals surface area contributed by atoms with Gasteiger partial charge in [0, 0.05) is 17.6 Å². The summed E-state index contributed by atoms with van der Waals surface area (Å²) in [6, 6.07) is 7.12. The van der Waals surface area contributed by atoms with Crippen molar-refractivity contribution in [2.75, 3.05) is 12.8 Å². The summed E-state index contributed by atoms with van der Waals surface area (Å²) >= 11 is 6.12. The predicted octanol–water partition coefficient (Wildman–Crippen LogP) is 2.11. The zero-order valence-electron chi connectivity index (χ0n) is 9.98. The Morgan fingerprint density at radius 2 is 2.11 bits per heavy atom. The Hall–Kier alpha value is -2.01. The molecule has 1 aromatic heterocycles. The zero-order valence-corrected chi connectivity index (χ0v) is 10.7. The molecule has 94 valence electrons. The standard InChI is InChI=1S/C12H12ClN3O2/c1-16-11(14)9(10(15-16)12(17)18-2)7-5-3-4-6-8(7)13/h3-6H,14H2,1-2H3. The number of nitrogen functional groups attached to an aromatic ring is 1. The molecular formula is C12H12ClN3O2. The van der Waals surface area contributed by atoms with E-state index in [1.807, 2.05) is 6.07 Å². The number of nitrogens with zero attached hydrogens (tertiary/aromatic N) is 2. The third-order valence-electron chi connectivity index (χ3n) is 2.61. The van der Waals surface area contributed by atoms with Crippen molar-refractivity contribution in [3.8, 4) is 11.1 Å². The van der Waals surface area contributed by atoms with Gasteiger partial charge in [0.05, 0.1) is 12.7 Å². The van der Waals surface area contributed by atoms with Crippen LogP contribution in [0.3, 0.4) is 0 Å². The van der Waals surface area contributed by atoms with Gasteiger partial charge in [0.2, 0.25) is 0 Å². The molecule has 0 saturated carbocycles. The molecule has 0 bridgehead atoms. The Morgan fingerprint density at radius 1 is 1.44 bits per heavy atom. The number of aromatic nitrogens is 2. The molecule has 0 saturated heterocycles. The van der Waals surface area contributed by atoms with Crippen LogP contribution in [-0.4, -0.2) is 22.9 Å². The van der Waals surface area contributed by atoms with E-state index in [0.29, 0.717) is 22.0 Å². The van der Waals surface area contributed by atoms with Gasteiger partial charge in [0.1, 0.15) is 5.82 Å². The number of hydrogen-bond acceptors (Lipinski definition) is 4. The first-order chi connectivity index (χ1) is 8.56. The van der Waals surface area contributed by atoms with Crippen molar-refractivity contribution in [2.45, 2.75) is 0 Å². The fourth-order valence-electron chi connectivity index (χ4n) is 1.71. The molecule has 2 aromatic rings. The molecule has 0 amide bonds. The summed E-state index contributed by atoms with van der Waals surface area (Å²) in [6.45, 7) is 0. The van der Waals surface area contributed by atoms with Gasteiger partial charge in [-0.2, -0.15) is 5.10 Å². The van der Waals surface area contributed by atoms with Crippen molar-refractivity contribution in [1.29, 1.82) is 0 Å². The number of esters is 1. The first kappa shape index (κ1) is 12.4. The number of ether oxygens (including phenoxy) is 1. The largest absolute Gasteiger partial charge is 0.464 e. The molecular weight excluding hydrogens is 254 g/mol. The average molecular weight is 266 g/mol. The normalized spacial score (nSPS) is 10.4. The van der Waals surface area contributed by atoms with Crippen molar-refractivity contribution in [3.05, 3.63) is 35.0 Å². The number of nitrogens with two attached hydrogens (primary N) is 1. The maximum atomic E-state index is 11.7. The number of carbonyl (C=O) groups is 1.